The molecule has 0 saturated heterocycles. The molecule has 0 bridgehead atoms. The van der Waals surface area contributed by atoms with Gasteiger partial charge >= 0.3 is 5.97 Å². The zero-order chi connectivity index (χ0) is 14.8. The van der Waals surface area contributed by atoms with Crippen LogP contribution in [0.5, 0.6) is 0 Å². The molecule has 19 heavy (non-hydrogen) atoms. The number of carboxylic acids is 1. The smallest absolute Gasteiger partial charge is 0.321 e. The molecule has 1 N–H and O–H groups in total. The summed E-state index contributed by atoms with van der Waals surface area (Å²) in [4.78, 5) is 10.8. The molecule has 0 aliphatic heterocycles. The van der Waals surface area contributed by atoms with Gasteiger partial charge in [0.05, 0.1) is 4.90 Å². The standard InChI is InChI=1S/C11H13BrFNO4S/c1-3-9(11(15)16)14(2)19(17,18)10-5-4-7(13)6-8(10)12/h4-6,9H,3H2,1-2H3,(H,15,16). The molecule has 0 radical (unpaired) electrons. The molecule has 1 atom stereocenters. The predicted octanol–water partition coefficient (Wildman–Crippen LogP) is 2.07. The first kappa shape index (κ1) is 16.1. The minimum Gasteiger partial charge on any atom is -0.480 e. The van der Waals surface area contributed by atoms with Crippen LogP contribution in [0.25, 0.3) is 0 Å². The van der Waals surface area contributed by atoms with Crippen molar-refractivity contribution in [3.8, 4) is 0 Å². The van der Waals surface area contributed by atoms with Crippen LogP contribution in [-0.4, -0.2) is 36.9 Å². The van der Waals surface area contributed by atoms with Crippen LogP contribution in [-0.2, 0) is 14.8 Å². The van der Waals surface area contributed by atoms with Gasteiger partial charge in [0.1, 0.15) is 11.9 Å². The second-order valence-corrected chi connectivity index (χ2v) is 6.68. The average Bonchev–Trinajstić information content (AvgIpc) is 2.28. The number of rotatable bonds is 5. The van der Waals surface area contributed by atoms with Crippen molar-refractivity contribution in [3.63, 3.8) is 0 Å². The lowest BCUT2D eigenvalue weighted by atomic mass is 10.2. The summed E-state index contributed by atoms with van der Waals surface area (Å²) in [7, 11) is -2.82. The fourth-order valence-electron chi connectivity index (χ4n) is 1.59. The minimum absolute atomic E-state index is 0.0552. The lowest BCUT2D eigenvalue weighted by molar-refractivity contribution is -0.141. The first-order chi connectivity index (χ1) is 8.71. The zero-order valence-electron chi connectivity index (χ0n) is 10.3. The zero-order valence-corrected chi connectivity index (χ0v) is 12.7. The molecule has 0 aliphatic carbocycles. The first-order valence-corrected chi connectivity index (χ1v) is 7.61. The second-order valence-electron chi connectivity index (χ2n) is 3.86. The SMILES string of the molecule is CCC(C(=O)O)N(C)S(=O)(=O)c1ccc(F)cc1Br. The molecule has 0 spiro atoms. The molecule has 0 amide bonds. The fraction of sp³-hybridized carbons (Fsp3) is 0.364. The van der Waals surface area contributed by atoms with Gasteiger partial charge in [-0.15, -0.1) is 0 Å². The molecule has 1 unspecified atom stereocenters. The monoisotopic (exact) mass is 353 g/mol. The molecular weight excluding hydrogens is 341 g/mol. The van der Waals surface area contributed by atoms with Crippen LogP contribution >= 0.6 is 15.9 Å². The van der Waals surface area contributed by atoms with Gasteiger partial charge in [-0.3, -0.25) is 4.79 Å². The van der Waals surface area contributed by atoms with E-state index in [1.165, 1.54) is 7.05 Å². The highest BCUT2D eigenvalue weighted by Gasteiger charge is 2.32. The summed E-state index contributed by atoms with van der Waals surface area (Å²) in [5.41, 5.74) is 0. The van der Waals surface area contributed by atoms with Crippen LogP contribution in [0.15, 0.2) is 27.6 Å². The molecule has 1 rings (SSSR count). The Hall–Kier alpha value is -0.990. The van der Waals surface area contributed by atoms with Crippen molar-refractivity contribution in [1.82, 2.24) is 4.31 Å². The van der Waals surface area contributed by atoms with E-state index in [9.17, 15) is 17.6 Å². The molecule has 0 saturated carbocycles. The van der Waals surface area contributed by atoms with Crippen LogP contribution in [0.3, 0.4) is 0 Å². The van der Waals surface area contributed by atoms with Crippen molar-refractivity contribution in [2.75, 3.05) is 7.05 Å². The van der Waals surface area contributed by atoms with Gasteiger partial charge in [-0.25, -0.2) is 12.8 Å². The fourth-order valence-corrected chi connectivity index (χ4v) is 3.99. The van der Waals surface area contributed by atoms with E-state index >= 15 is 0 Å². The van der Waals surface area contributed by atoms with E-state index in [1.807, 2.05) is 0 Å². The molecule has 1 aromatic rings. The Kier molecular flexibility index (Phi) is 5.05. The molecule has 0 aliphatic rings. The number of carboxylic acid groups (broad SMARTS) is 1. The van der Waals surface area contributed by atoms with E-state index in [1.54, 1.807) is 6.92 Å². The number of carbonyl (C=O) groups is 1. The van der Waals surface area contributed by atoms with Crippen molar-refractivity contribution < 1.29 is 22.7 Å². The van der Waals surface area contributed by atoms with Crippen LogP contribution in [0.4, 0.5) is 4.39 Å². The molecule has 106 valence electrons. The number of aliphatic carboxylic acids is 1. The van der Waals surface area contributed by atoms with Crippen molar-refractivity contribution in [2.45, 2.75) is 24.3 Å². The van der Waals surface area contributed by atoms with E-state index < -0.39 is 27.9 Å². The molecule has 0 fully saturated rings. The summed E-state index contributed by atoms with van der Waals surface area (Å²) < 4.78 is 38.3. The number of benzene rings is 1. The van der Waals surface area contributed by atoms with Gasteiger partial charge in [-0.2, -0.15) is 4.31 Å². The summed E-state index contributed by atoms with van der Waals surface area (Å²) in [6.07, 6.45) is 0.129. The van der Waals surface area contributed by atoms with Gasteiger partial charge in [-0.05, 0) is 40.5 Å². The molecule has 1 aromatic carbocycles. The Morgan fingerprint density at radius 2 is 2.11 bits per heavy atom. The third-order valence-electron chi connectivity index (χ3n) is 2.66. The number of halogens is 2. The van der Waals surface area contributed by atoms with Crippen molar-refractivity contribution in [1.29, 1.82) is 0 Å². The van der Waals surface area contributed by atoms with E-state index in [-0.39, 0.29) is 15.8 Å². The summed E-state index contributed by atoms with van der Waals surface area (Å²) >= 11 is 2.97. The highest BCUT2D eigenvalue weighted by Crippen LogP contribution is 2.26. The number of hydrogen-bond donors (Lipinski definition) is 1. The van der Waals surface area contributed by atoms with Gasteiger partial charge in [0, 0.05) is 11.5 Å². The Morgan fingerprint density at radius 1 is 1.53 bits per heavy atom. The number of likely N-dealkylation sites (N-methyl/N-ethyl adjacent to an activating group) is 1. The Bertz CT molecular complexity index is 590. The number of hydrogen-bond acceptors (Lipinski definition) is 3. The average molecular weight is 354 g/mol. The summed E-state index contributed by atoms with van der Waals surface area (Å²) in [6.45, 7) is 1.57. The topological polar surface area (TPSA) is 74.7 Å². The van der Waals surface area contributed by atoms with Gasteiger partial charge in [0.15, 0.2) is 0 Å². The van der Waals surface area contributed by atoms with Crippen molar-refractivity contribution in [3.05, 3.63) is 28.5 Å². The van der Waals surface area contributed by atoms with Gasteiger partial charge < -0.3 is 5.11 Å². The van der Waals surface area contributed by atoms with Crippen LogP contribution in [0, 0.1) is 5.82 Å². The lowest BCUT2D eigenvalue weighted by Crippen LogP contribution is -2.41. The van der Waals surface area contributed by atoms with E-state index in [4.69, 9.17) is 5.11 Å². The molecule has 8 heteroatoms. The van der Waals surface area contributed by atoms with E-state index in [0.29, 0.717) is 0 Å². The van der Waals surface area contributed by atoms with Crippen molar-refractivity contribution in [2.24, 2.45) is 0 Å². The quantitative estimate of drug-likeness (QED) is 0.879. The van der Waals surface area contributed by atoms with E-state index in [2.05, 4.69) is 15.9 Å². The predicted molar refractivity (Wildman–Crippen MR) is 70.8 cm³/mol. The Balaban J connectivity index is 3.27. The maximum Gasteiger partial charge on any atom is 0.321 e. The molecule has 0 aromatic heterocycles. The van der Waals surface area contributed by atoms with Gasteiger partial charge in [-0.1, -0.05) is 6.92 Å². The summed E-state index contributed by atoms with van der Waals surface area (Å²) in [5, 5.41) is 8.99. The van der Waals surface area contributed by atoms with Crippen molar-refractivity contribution >= 4 is 31.9 Å². The van der Waals surface area contributed by atoms with Crippen LogP contribution < -0.4 is 0 Å². The molecular formula is C11H13BrFNO4S. The van der Waals surface area contributed by atoms with E-state index in [0.717, 1.165) is 22.5 Å². The summed E-state index contributed by atoms with van der Waals surface area (Å²) in [6, 6.07) is 1.96. The maximum atomic E-state index is 13.0. The Morgan fingerprint density at radius 3 is 2.53 bits per heavy atom. The molecule has 5 nitrogen and oxygen atoms in total. The maximum absolute atomic E-state index is 13.0. The first-order valence-electron chi connectivity index (χ1n) is 5.37. The number of sulfonamides is 1. The second kappa shape index (κ2) is 5.98. The molecule has 0 heterocycles. The van der Waals surface area contributed by atoms with Gasteiger partial charge in [0.2, 0.25) is 10.0 Å². The normalized spacial score (nSPS) is 13.5. The highest BCUT2D eigenvalue weighted by atomic mass is 79.9. The third-order valence-corrected chi connectivity index (χ3v) is 5.50. The highest BCUT2D eigenvalue weighted by molar-refractivity contribution is 9.10. The number of nitrogens with zero attached hydrogens (tertiary/aromatic N) is 1. The summed E-state index contributed by atoms with van der Waals surface area (Å²) in [5.74, 6) is -1.81. The third kappa shape index (κ3) is 3.31. The van der Waals surface area contributed by atoms with Crippen LogP contribution in [0.2, 0.25) is 0 Å². The minimum atomic E-state index is -4.00. The van der Waals surface area contributed by atoms with Gasteiger partial charge in [0.25, 0.3) is 0 Å². The largest absolute Gasteiger partial charge is 0.480 e. The Labute approximate surface area is 119 Å². The lowest BCUT2D eigenvalue weighted by Gasteiger charge is -2.23. The van der Waals surface area contributed by atoms with Crippen LogP contribution in [0.1, 0.15) is 13.3 Å².